The van der Waals surface area contributed by atoms with Crippen molar-refractivity contribution in [1.29, 1.82) is 0 Å². The molecule has 0 bridgehead atoms. The first kappa shape index (κ1) is 25.1. The fourth-order valence-electron chi connectivity index (χ4n) is 2.85. The quantitative estimate of drug-likeness (QED) is 0.234. The van der Waals surface area contributed by atoms with Crippen molar-refractivity contribution in [2.24, 2.45) is 10.2 Å². The minimum Gasteiger partial charge on any atom is -0.327 e. The molecular formula is C25H40N4Si2. The van der Waals surface area contributed by atoms with Gasteiger partial charge in [-0.1, -0.05) is 99.9 Å². The summed E-state index contributed by atoms with van der Waals surface area (Å²) < 4.78 is 4.42. The number of benzene rings is 2. The van der Waals surface area contributed by atoms with Crippen LogP contribution in [0.25, 0.3) is 0 Å². The summed E-state index contributed by atoms with van der Waals surface area (Å²) in [6.45, 7) is 13.9. The second-order valence-electron chi connectivity index (χ2n) is 10.1. The lowest BCUT2D eigenvalue weighted by atomic mass is 10.0. The molecule has 0 amide bonds. The highest BCUT2D eigenvalue weighted by molar-refractivity contribution is 6.73. The molecule has 0 atom stereocenters. The van der Waals surface area contributed by atoms with E-state index in [1.807, 2.05) is 0 Å². The van der Waals surface area contributed by atoms with Gasteiger partial charge in [0.1, 0.15) is 0 Å². The van der Waals surface area contributed by atoms with Gasteiger partial charge in [-0.15, -0.1) is 0 Å². The molecule has 2 aromatic carbocycles. The second-order valence-corrected chi connectivity index (χ2v) is 20.0. The first-order chi connectivity index (χ1) is 14.5. The molecule has 0 heterocycles. The lowest BCUT2D eigenvalue weighted by Gasteiger charge is -2.29. The van der Waals surface area contributed by atoms with Gasteiger partial charge in [0.15, 0.2) is 16.5 Å². The summed E-state index contributed by atoms with van der Waals surface area (Å²) in [6.07, 6.45) is 2.88. The molecule has 0 N–H and O–H groups in total. The van der Waals surface area contributed by atoms with Crippen molar-refractivity contribution in [2.45, 2.75) is 58.5 Å². The largest absolute Gasteiger partial charge is 0.327 e. The van der Waals surface area contributed by atoms with Gasteiger partial charge >= 0.3 is 0 Å². The van der Waals surface area contributed by atoms with Gasteiger partial charge in [0.25, 0.3) is 0 Å². The normalized spacial score (nSPS) is 13.3. The van der Waals surface area contributed by atoms with Crippen molar-refractivity contribution in [3.8, 4) is 0 Å². The Kier molecular flexibility index (Phi) is 8.83. The van der Waals surface area contributed by atoms with E-state index in [9.17, 15) is 0 Å². The van der Waals surface area contributed by atoms with Crippen LogP contribution in [0.5, 0.6) is 0 Å². The van der Waals surface area contributed by atoms with E-state index in [1.54, 1.807) is 0 Å². The van der Waals surface area contributed by atoms with Crippen LogP contribution in [0.4, 0.5) is 0 Å². The third-order valence-corrected chi connectivity index (χ3v) is 9.61. The summed E-state index contributed by atoms with van der Waals surface area (Å²) in [7, 11) is 1.25. The van der Waals surface area contributed by atoms with E-state index >= 15 is 0 Å². The Balaban J connectivity index is 2.24. The summed E-state index contributed by atoms with van der Waals surface area (Å²) in [5.41, 5.74) is 4.75. The van der Waals surface area contributed by atoms with Crippen LogP contribution in [-0.2, 0) is 0 Å². The van der Waals surface area contributed by atoms with Gasteiger partial charge in [-0.3, -0.25) is 0 Å². The number of hydrogen-bond donors (Lipinski definition) is 0. The Morgan fingerprint density at radius 2 is 0.935 bits per heavy atom. The summed E-state index contributed by atoms with van der Waals surface area (Å²) in [5.74, 6) is 0. The lowest BCUT2D eigenvalue weighted by Crippen LogP contribution is -2.40. The summed E-state index contributed by atoms with van der Waals surface area (Å²) in [5, 5.41) is 10.1. The molecule has 2 aromatic rings. The van der Waals surface area contributed by atoms with Gasteiger partial charge in [-0.2, -0.15) is 10.2 Å². The van der Waals surface area contributed by atoms with E-state index in [0.717, 1.165) is 30.7 Å². The molecule has 0 fully saturated rings. The first-order valence-electron chi connectivity index (χ1n) is 11.2. The van der Waals surface area contributed by atoms with Crippen molar-refractivity contribution in [3.05, 3.63) is 71.8 Å². The van der Waals surface area contributed by atoms with E-state index in [2.05, 4.69) is 123 Å². The van der Waals surface area contributed by atoms with Crippen LogP contribution in [0.15, 0.2) is 70.9 Å². The Hall–Kier alpha value is -2.19. The fourth-order valence-corrected chi connectivity index (χ4v) is 3.69. The lowest BCUT2D eigenvalue weighted by molar-refractivity contribution is 0.543. The van der Waals surface area contributed by atoms with Crippen LogP contribution in [0.3, 0.4) is 0 Å². The van der Waals surface area contributed by atoms with Crippen LogP contribution >= 0.6 is 0 Å². The molecule has 0 aliphatic carbocycles. The molecule has 2 rings (SSSR count). The summed E-state index contributed by atoms with van der Waals surface area (Å²) in [4.78, 5) is 0. The molecular weight excluding hydrogens is 412 g/mol. The molecule has 4 nitrogen and oxygen atoms in total. The van der Waals surface area contributed by atoms with Crippen molar-refractivity contribution in [3.63, 3.8) is 0 Å². The van der Waals surface area contributed by atoms with Crippen molar-refractivity contribution < 1.29 is 0 Å². The first-order valence-corrected chi connectivity index (χ1v) is 18.1. The Morgan fingerprint density at radius 1 is 0.613 bits per heavy atom. The van der Waals surface area contributed by atoms with Crippen molar-refractivity contribution in [2.75, 3.05) is 14.1 Å². The predicted octanol–water partition coefficient (Wildman–Crippen LogP) is 6.50. The summed E-state index contributed by atoms with van der Waals surface area (Å²) in [6, 6.07) is 21.2. The highest BCUT2D eigenvalue weighted by atomic mass is 28.3. The molecule has 6 heteroatoms. The molecule has 0 aliphatic rings. The van der Waals surface area contributed by atoms with E-state index in [1.165, 1.54) is 11.1 Å². The fraction of sp³-hybridized carbons (Fsp3) is 0.440. The standard InChI is InChI=1S/C25H40N4Si2/c1-28(30(3,4)5)26-24(22-16-11-9-12-17-22)20-15-21-25(23-18-13-10-14-19-23)27-29(2)31(6,7)8/h9-14,16-19H,15,20-21H2,1-8H3/b26-24-,27-25+. The van der Waals surface area contributed by atoms with E-state index in [4.69, 9.17) is 10.2 Å². The third kappa shape index (κ3) is 8.11. The third-order valence-electron chi connectivity index (χ3n) is 5.52. The molecule has 168 valence electrons. The zero-order chi connectivity index (χ0) is 23.1. The van der Waals surface area contributed by atoms with Gasteiger partial charge in [0.05, 0.1) is 11.4 Å². The molecule has 0 unspecified atom stereocenters. The maximum absolute atomic E-state index is 5.06. The molecule has 0 aromatic heterocycles. The van der Waals surface area contributed by atoms with Crippen LogP contribution in [0.1, 0.15) is 30.4 Å². The molecule has 0 radical (unpaired) electrons. The smallest absolute Gasteiger partial charge is 0.168 e. The average Bonchev–Trinajstić information content (AvgIpc) is 2.71. The van der Waals surface area contributed by atoms with Gasteiger partial charge in [-0.05, 0) is 30.4 Å². The maximum Gasteiger partial charge on any atom is 0.168 e. The van der Waals surface area contributed by atoms with E-state index in [0.29, 0.717) is 0 Å². The summed E-state index contributed by atoms with van der Waals surface area (Å²) >= 11 is 0. The Labute approximate surface area is 191 Å². The zero-order valence-corrected chi connectivity index (χ0v) is 22.7. The molecule has 31 heavy (non-hydrogen) atoms. The number of hydrogen-bond acceptors (Lipinski definition) is 4. The van der Waals surface area contributed by atoms with Gasteiger partial charge in [0, 0.05) is 14.1 Å². The van der Waals surface area contributed by atoms with Crippen molar-refractivity contribution >= 4 is 27.9 Å². The Bertz CT molecular complexity index is 792. The predicted molar refractivity (Wildman–Crippen MR) is 142 cm³/mol. The maximum atomic E-state index is 5.06. The Morgan fingerprint density at radius 3 is 1.23 bits per heavy atom. The average molecular weight is 453 g/mol. The van der Waals surface area contributed by atoms with Crippen molar-refractivity contribution in [1.82, 2.24) is 9.35 Å². The molecule has 0 spiro atoms. The monoisotopic (exact) mass is 452 g/mol. The van der Waals surface area contributed by atoms with Crippen LogP contribution in [-0.4, -0.2) is 51.3 Å². The van der Waals surface area contributed by atoms with Crippen LogP contribution in [0, 0.1) is 0 Å². The van der Waals surface area contributed by atoms with Gasteiger partial charge in [-0.25, -0.2) is 0 Å². The second kappa shape index (κ2) is 10.9. The topological polar surface area (TPSA) is 31.2 Å². The highest BCUT2D eigenvalue weighted by Crippen LogP contribution is 2.17. The molecule has 0 saturated heterocycles. The highest BCUT2D eigenvalue weighted by Gasteiger charge is 2.21. The minimum atomic E-state index is -1.49. The van der Waals surface area contributed by atoms with Gasteiger partial charge < -0.3 is 9.35 Å². The number of hydrazone groups is 2. The number of nitrogens with zero attached hydrogens (tertiary/aromatic N) is 4. The SMILES string of the molecule is CN(/N=C(/CCC/C(=N\N(C)[Si](C)(C)C)c1ccccc1)c1ccccc1)[Si](C)(C)C. The molecule has 0 saturated carbocycles. The number of rotatable bonds is 10. The van der Waals surface area contributed by atoms with Crippen LogP contribution in [0.2, 0.25) is 39.3 Å². The van der Waals surface area contributed by atoms with Gasteiger partial charge in [0.2, 0.25) is 0 Å². The molecule has 0 aliphatic heterocycles. The zero-order valence-electron chi connectivity index (χ0n) is 20.7. The van der Waals surface area contributed by atoms with Crippen LogP contribution < -0.4 is 0 Å². The van der Waals surface area contributed by atoms with E-state index < -0.39 is 16.5 Å². The minimum absolute atomic E-state index is 0.932. The van der Waals surface area contributed by atoms with E-state index in [-0.39, 0.29) is 0 Å².